The molecule has 1 aliphatic rings. The van der Waals surface area contributed by atoms with Crippen LogP contribution in [0.1, 0.15) is 30.0 Å². The van der Waals surface area contributed by atoms with Crippen LogP contribution in [0, 0.1) is 0 Å². The number of nitrogens with zero attached hydrogens (tertiary/aromatic N) is 4. The van der Waals surface area contributed by atoms with E-state index in [1.54, 1.807) is 42.9 Å². The molecule has 3 heterocycles. The summed E-state index contributed by atoms with van der Waals surface area (Å²) in [5, 5.41) is 0. The summed E-state index contributed by atoms with van der Waals surface area (Å²) >= 11 is 0. The fourth-order valence-corrected chi connectivity index (χ4v) is 4.45. The van der Waals surface area contributed by atoms with E-state index in [4.69, 9.17) is 4.98 Å². The van der Waals surface area contributed by atoms with Crippen LogP contribution in [-0.4, -0.2) is 53.5 Å². The Kier molecular flexibility index (Phi) is 6.08. The predicted octanol–water partition coefficient (Wildman–Crippen LogP) is 2.89. The average molecular weight is 437 g/mol. The summed E-state index contributed by atoms with van der Waals surface area (Å²) in [6, 6.07) is 12.2. The molecule has 8 heteroatoms. The summed E-state index contributed by atoms with van der Waals surface area (Å²) in [5.74, 6) is 0.835. The number of carbonyl (C=O) groups excluding carboxylic acids is 1. The van der Waals surface area contributed by atoms with Gasteiger partial charge in [0.1, 0.15) is 0 Å². The number of rotatable bonds is 5. The molecule has 1 saturated heterocycles. The van der Waals surface area contributed by atoms with Gasteiger partial charge in [0.05, 0.1) is 11.3 Å². The molecule has 0 saturated carbocycles. The first-order valence-electron chi connectivity index (χ1n) is 10.2. The van der Waals surface area contributed by atoms with E-state index in [1.165, 1.54) is 6.26 Å². The van der Waals surface area contributed by atoms with Gasteiger partial charge in [0.15, 0.2) is 15.7 Å². The fraction of sp³-hybridized carbons (Fsp3) is 0.304. The van der Waals surface area contributed by atoms with E-state index < -0.39 is 9.84 Å². The summed E-state index contributed by atoms with van der Waals surface area (Å²) < 4.78 is 23.2. The van der Waals surface area contributed by atoms with Crippen LogP contribution >= 0.6 is 0 Å². The summed E-state index contributed by atoms with van der Waals surface area (Å²) in [6.45, 7) is 1.33. The Morgan fingerprint density at radius 1 is 1.13 bits per heavy atom. The van der Waals surface area contributed by atoms with Gasteiger partial charge in [0, 0.05) is 55.1 Å². The number of aromatic nitrogens is 3. The molecule has 2 aromatic heterocycles. The zero-order valence-corrected chi connectivity index (χ0v) is 18.1. The molecule has 1 unspecified atom stereocenters. The molecule has 7 nitrogen and oxygen atoms in total. The van der Waals surface area contributed by atoms with Crippen molar-refractivity contribution in [2.75, 3.05) is 19.3 Å². The maximum atomic E-state index is 12.9. The number of piperidine rings is 1. The van der Waals surface area contributed by atoms with Gasteiger partial charge in [-0.3, -0.25) is 9.78 Å². The first-order chi connectivity index (χ1) is 14.9. The second-order valence-electron chi connectivity index (χ2n) is 7.82. The number of hydrogen-bond acceptors (Lipinski definition) is 6. The van der Waals surface area contributed by atoms with E-state index in [1.807, 2.05) is 23.1 Å². The van der Waals surface area contributed by atoms with Gasteiger partial charge in [0.25, 0.3) is 0 Å². The highest BCUT2D eigenvalue weighted by molar-refractivity contribution is 7.90. The van der Waals surface area contributed by atoms with Crippen LogP contribution in [-0.2, 0) is 21.1 Å². The number of benzene rings is 1. The molecule has 0 N–H and O–H groups in total. The van der Waals surface area contributed by atoms with Crippen molar-refractivity contribution in [2.24, 2.45) is 0 Å². The smallest absolute Gasteiger partial charge is 0.227 e. The van der Waals surface area contributed by atoms with Crippen molar-refractivity contribution >= 4 is 15.7 Å². The predicted molar refractivity (Wildman–Crippen MR) is 117 cm³/mol. The maximum Gasteiger partial charge on any atom is 0.227 e. The number of carbonyl (C=O) groups is 1. The Labute approximate surface area is 182 Å². The van der Waals surface area contributed by atoms with Crippen molar-refractivity contribution in [2.45, 2.75) is 30.1 Å². The zero-order chi connectivity index (χ0) is 21.8. The highest BCUT2D eigenvalue weighted by Crippen LogP contribution is 2.27. The van der Waals surface area contributed by atoms with E-state index in [0.717, 1.165) is 36.2 Å². The maximum absolute atomic E-state index is 12.9. The van der Waals surface area contributed by atoms with Gasteiger partial charge in [-0.15, -0.1) is 0 Å². The third-order valence-corrected chi connectivity index (χ3v) is 6.62. The molecule has 1 fully saturated rings. The molecule has 0 aliphatic carbocycles. The molecule has 0 bridgehead atoms. The third-order valence-electron chi connectivity index (χ3n) is 5.50. The van der Waals surface area contributed by atoms with Crippen LogP contribution in [0.4, 0.5) is 0 Å². The van der Waals surface area contributed by atoms with Gasteiger partial charge in [-0.1, -0.05) is 12.1 Å². The van der Waals surface area contributed by atoms with E-state index in [9.17, 15) is 13.2 Å². The van der Waals surface area contributed by atoms with Crippen LogP contribution in [0.2, 0.25) is 0 Å². The number of pyridine rings is 1. The van der Waals surface area contributed by atoms with Gasteiger partial charge in [-0.2, -0.15) is 0 Å². The molecular formula is C23H24N4O3S. The average Bonchev–Trinajstić information content (AvgIpc) is 2.79. The van der Waals surface area contributed by atoms with Crippen molar-refractivity contribution in [1.82, 2.24) is 19.9 Å². The third kappa shape index (κ3) is 5.14. The molecule has 1 aromatic carbocycles. The fourth-order valence-electron chi connectivity index (χ4n) is 3.82. The van der Waals surface area contributed by atoms with E-state index >= 15 is 0 Å². The topological polar surface area (TPSA) is 93.1 Å². The minimum Gasteiger partial charge on any atom is -0.342 e. The van der Waals surface area contributed by atoms with Gasteiger partial charge in [-0.05, 0) is 48.7 Å². The monoisotopic (exact) mass is 436 g/mol. The molecule has 1 atom stereocenters. The van der Waals surface area contributed by atoms with Gasteiger partial charge < -0.3 is 4.90 Å². The lowest BCUT2D eigenvalue weighted by molar-refractivity contribution is -0.131. The summed E-state index contributed by atoms with van der Waals surface area (Å²) in [4.78, 5) is 28.2. The molecule has 3 aromatic rings. The van der Waals surface area contributed by atoms with Crippen LogP contribution < -0.4 is 0 Å². The number of sulfone groups is 1. The molecular weight excluding hydrogens is 412 g/mol. The first kappa shape index (κ1) is 21.1. The second-order valence-corrected chi connectivity index (χ2v) is 9.83. The van der Waals surface area contributed by atoms with Crippen LogP contribution in [0.15, 0.2) is 66.0 Å². The van der Waals surface area contributed by atoms with Crippen molar-refractivity contribution < 1.29 is 13.2 Å². The molecule has 1 amide bonds. The summed E-state index contributed by atoms with van der Waals surface area (Å²) in [7, 11) is -3.24. The number of hydrogen-bond donors (Lipinski definition) is 0. The lowest BCUT2D eigenvalue weighted by atomic mass is 9.94. The van der Waals surface area contributed by atoms with Crippen molar-refractivity contribution in [3.63, 3.8) is 0 Å². The summed E-state index contributed by atoms with van der Waals surface area (Å²) in [5.41, 5.74) is 2.61. The Morgan fingerprint density at radius 3 is 2.65 bits per heavy atom. The standard InChI is InChI=1S/C23H24N4O3S/c1-31(29,30)20-8-6-17(7-9-20)14-22(28)27-13-3-5-19(16-27)21-10-12-25-23(26-21)18-4-2-11-24-15-18/h2,4,6-12,15,19H,3,5,13-14,16H2,1H3. The molecule has 0 spiro atoms. The minimum atomic E-state index is -3.24. The molecule has 1 aliphatic heterocycles. The number of likely N-dealkylation sites (tertiary alicyclic amines) is 1. The lowest BCUT2D eigenvalue weighted by Gasteiger charge is -2.32. The van der Waals surface area contributed by atoms with E-state index in [2.05, 4.69) is 9.97 Å². The highest BCUT2D eigenvalue weighted by Gasteiger charge is 2.26. The zero-order valence-electron chi connectivity index (χ0n) is 17.3. The van der Waals surface area contributed by atoms with Crippen LogP contribution in [0.5, 0.6) is 0 Å². The Balaban J connectivity index is 1.44. The normalized spacial score (nSPS) is 16.8. The van der Waals surface area contributed by atoms with Crippen molar-refractivity contribution in [3.05, 3.63) is 72.3 Å². The van der Waals surface area contributed by atoms with Gasteiger partial charge >= 0.3 is 0 Å². The Bertz CT molecular complexity index is 1160. The van der Waals surface area contributed by atoms with Crippen LogP contribution in [0.25, 0.3) is 11.4 Å². The van der Waals surface area contributed by atoms with E-state index in [0.29, 0.717) is 12.4 Å². The quantitative estimate of drug-likeness (QED) is 0.611. The molecule has 31 heavy (non-hydrogen) atoms. The summed E-state index contributed by atoms with van der Waals surface area (Å²) in [6.07, 6.45) is 8.52. The lowest BCUT2D eigenvalue weighted by Crippen LogP contribution is -2.40. The second kappa shape index (κ2) is 8.93. The number of amides is 1. The molecule has 0 radical (unpaired) electrons. The molecule has 160 valence electrons. The largest absolute Gasteiger partial charge is 0.342 e. The Morgan fingerprint density at radius 2 is 1.94 bits per heavy atom. The van der Waals surface area contributed by atoms with Gasteiger partial charge in [0.2, 0.25) is 5.91 Å². The SMILES string of the molecule is CS(=O)(=O)c1ccc(CC(=O)N2CCCC(c3ccnc(-c4cccnc4)n3)C2)cc1. The first-order valence-corrected chi connectivity index (χ1v) is 12.1. The molecule has 4 rings (SSSR count). The Hall–Kier alpha value is -3.13. The van der Waals surface area contributed by atoms with Gasteiger partial charge in [-0.25, -0.2) is 18.4 Å². The van der Waals surface area contributed by atoms with Crippen molar-refractivity contribution in [1.29, 1.82) is 0 Å². The van der Waals surface area contributed by atoms with E-state index in [-0.39, 0.29) is 23.1 Å². The van der Waals surface area contributed by atoms with Crippen LogP contribution in [0.3, 0.4) is 0 Å². The highest BCUT2D eigenvalue weighted by atomic mass is 32.2. The minimum absolute atomic E-state index is 0.0401. The van der Waals surface area contributed by atoms with Crippen molar-refractivity contribution in [3.8, 4) is 11.4 Å².